The Labute approximate surface area is 139 Å². The lowest BCUT2D eigenvalue weighted by Gasteiger charge is -2.14. The fourth-order valence-electron chi connectivity index (χ4n) is 1.57. The van der Waals surface area contributed by atoms with Crippen LogP contribution in [0, 0.1) is 0 Å². The van der Waals surface area contributed by atoms with Crippen LogP contribution in [0.4, 0.5) is 18.9 Å². The molecular weight excluding hydrogens is 442 g/mol. The molecule has 0 saturated heterocycles. The van der Waals surface area contributed by atoms with Gasteiger partial charge in [0.1, 0.15) is 4.34 Å². The Hall–Kier alpha value is -0.240. The molecule has 108 valence electrons. The second-order valence-corrected chi connectivity index (χ2v) is 7.38. The second-order valence-electron chi connectivity index (χ2n) is 3.88. The molecule has 8 heteroatoms. The summed E-state index contributed by atoms with van der Waals surface area (Å²) in [6.45, 7) is 0.278. The highest BCUT2D eigenvalue weighted by Crippen LogP contribution is 2.37. The fourth-order valence-corrected chi connectivity index (χ4v) is 3.66. The summed E-state index contributed by atoms with van der Waals surface area (Å²) in [4.78, 5) is 0.845. The predicted octanol–water partition coefficient (Wildman–Crippen LogP) is 6.56. The van der Waals surface area contributed by atoms with Gasteiger partial charge in [0, 0.05) is 26.1 Å². The number of rotatable bonds is 3. The van der Waals surface area contributed by atoms with Crippen LogP contribution < -0.4 is 5.32 Å². The number of halogens is 6. The normalized spacial score (nSPS) is 11.7. The van der Waals surface area contributed by atoms with Crippen molar-refractivity contribution in [2.24, 2.45) is 0 Å². The van der Waals surface area contributed by atoms with Crippen molar-refractivity contribution in [1.29, 1.82) is 0 Å². The van der Waals surface area contributed by atoms with E-state index in [4.69, 9.17) is 11.6 Å². The van der Waals surface area contributed by atoms with Gasteiger partial charge in [-0.1, -0.05) is 27.5 Å². The minimum absolute atomic E-state index is 0.0429. The first kappa shape index (κ1) is 16.1. The molecule has 1 nitrogen and oxygen atoms in total. The van der Waals surface area contributed by atoms with Crippen molar-refractivity contribution in [1.82, 2.24) is 0 Å². The van der Waals surface area contributed by atoms with E-state index in [1.807, 2.05) is 0 Å². The maximum Gasteiger partial charge on any atom is 0.418 e. The predicted molar refractivity (Wildman–Crippen MR) is 83.5 cm³/mol. The van der Waals surface area contributed by atoms with Gasteiger partial charge < -0.3 is 5.32 Å². The van der Waals surface area contributed by atoms with Gasteiger partial charge in [-0.2, -0.15) is 13.2 Å². The average molecular weight is 450 g/mol. The highest BCUT2D eigenvalue weighted by Gasteiger charge is 2.33. The summed E-state index contributed by atoms with van der Waals surface area (Å²) in [5.74, 6) is 0. The van der Waals surface area contributed by atoms with Gasteiger partial charge in [0.2, 0.25) is 0 Å². The maximum absolute atomic E-state index is 12.9. The van der Waals surface area contributed by atoms with Crippen molar-refractivity contribution in [2.75, 3.05) is 5.32 Å². The van der Waals surface area contributed by atoms with Crippen LogP contribution in [-0.4, -0.2) is 0 Å². The minimum atomic E-state index is -4.40. The van der Waals surface area contributed by atoms with E-state index in [1.165, 1.54) is 17.4 Å². The van der Waals surface area contributed by atoms with E-state index < -0.39 is 11.7 Å². The number of thiophene rings is 1. The molecular formula is C12H7Br2ClF3NS. The molecule has 0 saturated carbocycles. The van der Waals surface area contributed by atoms with Gasteiger partial charge in [0.15, 0.2) is 0 Å². The van der Waals surface area contributed by atoms with Crippen LogP contribution in [0.2, 0.25) is 4.34 Å². The zero-order chi connectivity index (χ0) is 14.9. The van der Waals surface area contributed by atoms with E-state index >= 15 is 0 Å². The van der Waals surface area contributed by atoms with E-state index in [1.54, 1.807) is 12.1 Å². The standard InChI is InChI=1S/C12H7Br2ClF3NS/c13-6-1-2-10(8(3-6)12(16,17)18)19-5-7-4-9(14)11(15)20-7/h1-4,19H,5H2. The largest absolute Gasteiger partial charge is 0.418 e. The van der Waals surface area contributed by atoms with Crippen molar-refractivity contribution in [3.8, 4) is 0 Å². The van der Waals surface area contributed by atoms with Gasteiger partial charge in [-0.15, -0.1) is 11.3 Å². The van der Waals surface area contributed by atoms with E-state index in [0.717, 1.165) is 15.4 Å². The van der Waals surface area contributed by atoms with Crippen LogP contribution in [0.15, 0.2) is 33.2 Å². The Balaban J connectivity index is 2.21. The summed E-state index contributed by atoms with van der Waals surface area (Å²) in [6, 6.07) is 5.80. The third-order valence-electron chi connectivity index (χ3n) is 2.44. The topological polar surface area (TPSA) is 12.0 Å². The van der Waals surface area contributed by atoms with Gasteiger partial charge in [0.25, 0.3) is 0 Å². The zero-order valence-electron chi connectivity index (χ0n) is 9.69. The molecule has 1 N–H and O–H groups in total. The molecule has 0 unspecified atom stereocenters. The van der Waals surface area contributed by atoms with Crippen LogP contribution in [0.25, 0.3) is 0 Å². The molecule has 0 bridgehead atoms. The first-order valence-electron chi connectivity index (χ1n) is 5.31. The zero-order valence-corrected chi connectivity index (χ0v) is 14.4. The molecule has 20 heavy (non-hydrogen) atoms. The number of hydrogen-bond acceptors (Lipinski definition) is 2. The van der Waals surface area contributed by atoms with Crippen molar-refractivity contribution < 1.29 is 13.2 Å². The number of anilines is 1. The molecule has 2 rings (SSSR count). The molecule has 1 aromatic carbocycles. The molecule has 2 aromatic rings. The third kappa shape index (κ3) is 3.90. The average Bonchev–Trinajstić information content (AvgIpc) is 2.66. The molecule has 0 fully saturated rings. The Morgan fingerprint density at radius 1 is 1.20 bits per heavy atom. The van der Waals surface area contributed by atoms with Crippen molar-refractivity contribution in [3.05, 3.63) is 48.0 Å². The quantitative estimate of drug-likeness (QED) is 0.560. The molecule has 0 atom stereocenters. The van der Waals surface area contributed by atoms with Gasteiger partial charge >= 0.3 is 6.18 Å². The Morgan fingerprint density at radius 3 is 2.45 bits per heavy atom. The first-order valence-corrected chi connectivity index (χ1v) is 8.10. The van der Waals surface area contributed by atoms with E-state index in [9.17, 15) is 13.2 Å². The monoisotopic (exact) mass is 447 g/mol. The third-order valence-corrected chi connectivity index (χ3v) is 5.40. The van der Waals surface area contributed by atoms with E-state index in [2.05, 4.69) is 37.2 Å². The van der Waals surface area contributed by atoms with Crippen LogP contribution in [0.1, 0.15) is 10.4 Å². The molecule has 0 aliphatic carbocycles. The summed E-state index contributed by atoms with van der Waals surface area (Å²) in [5.41, 5.74) is -0.657. The minimum Gasteiger partial charge on any atom is -0.380 e. The van der Waals surface area contributed by atoms with Gasteiger partial charge in [-0.3, -0.25) is 0 Å². The lowest BCUT2D eigenvalue weighted by Crippen LogP contribution is -2.10. The van der Waals surface area contributed by atoms with Gasteiger partial charge in [-0.05, 0) is 40.2 Å². The summed E-state index contributed by atoms with van der Waals surface area (Å²) in [7, 11) is 0. The van der Waals surface area contributed by atoms with Gasteiger partial charge in [0.05, 0.1) is 5.56 Å². The molecule has 0 amide bonds. The Kier molecular flexibility index (Phi) is 5.05. The number of hydrogen-bond donors (Lipinski definition) is 1. The molecule has 0 aliphatic rings. The SMILES string of the molecule is FC(F)(F)c1cc(Br)ccc1NCc1cc(Br)c(Cl)s1. The first-order chi connectivity index (χ1) is 9.27. The van der Waals surface area contributed by atoms with Crippen molar-refractivity contribution in [3.63, 3.8) is 0 Å². The van der Waals surface area contributed by atoms with Gasteiger partial charge in [-0.25, -0.2) is 0 Å². The fraction of sp³-hybridized carbons (Fsp3) is 0.167. The van der Waals surface area contributed by atoms with Crippen LogP contribution in [-0.2, 0) is 12.7 Å². The number of nitrogens with one attached hydrogen (secondary N) is 1. The molecule has 0 aliphatic heterocycles. The molecule has 0 spiro atoms. The van der Waals surface area contributed by atoms with Crippen LogP contribution in [0.3, 0.4) is 0 Å². The molecule has 0 radical (unpaired) electrons. The van der Waals surface area contributed by atoms with Crippen LogP contribution >= 0.6 is 54.8 Å². The van der Waals surface area contributed by atoms with Crippen molar-refractivity contribution in [2.45, 2.75) is 12.7 Å². The highest BCUT2D eigenvalue weighted by atomic mass is 79.9. The van der Waals surface area contributed by atoms with E-state index in [-0.39, 0.29) is 12.2 Å². The summed E-state index contributed by atoms with van der Waals surface area (Å²) in [5, 5.41) is 2.79. The number of benzene rings is 1. The lowest BCUT2D eigenvalue weighted by atomic mass is 10.1. The number of alkyl halides is 3. The van der Waals surface area contributed by atoms with E-state index in [0.29, 0.717) is 8.81 Å². The maximum atomic E-state index is 12.9. The Bertz CT molecular complexity index is 608. The van der Waals surface area contributed by atoms with Crippen molar-refractivity contribution >= 4 is 60.5 Å². The molecule has 1 aromatic heterocycles. The summed E-state index contributed by atoms with van der Waals surface area (Å²) >= 11 is 13.5. The molecule has 1 heterocycles. The van der Waals surface area contributed by atoms with Crippen LogP contribution in [0.5, 0.6) is 0 Å². The smallest absolute Gasteiger partial charge is 0.380 e. The summed E-state index contributed by atoms with van der Waals surface area (Å²) < 4.78 is 40.5. The highest BCUT2D eigenvalue weighted by molar-refractivity contribution is 9.10. The second kappa shape index (κ2) is 6.25. The summed E-state index contributed by atoms with van der Waals surface area (Å²) in [6.07, 6.45) is -4.40. The Morgan fingerprint density at radius 2 is 1.90 bits per heavy atom. The lowest BCUT2D eigenvalue weighted by molar-refractivity contribution is -0.137.